The molecule has 0 bridgehead atoms. The number of nitriles is 1. The van der Waals surface area contributed by atoms with Crippen molar-refractivity contribution in [2.75, 3.05) is 6.54 Å². The minimum Gasteiger partial charge on any atom is -0.357 e. The van der Waals surface area contributed by atoms with Gasteiger partial charge in [0, 0.05) is 32.5 Å². The number of aliphatic imine (C=N–C) groups is 1. The van der Waals surface area contributed by atoms with Crippen LogP contribution in [0, 0.1) is 11.3 Å². The van der Waals surface area contributed by atoms with Crippen molar-refractivity contribution in [3.63, 3.8) is 0 Å². The number of hydrogen-bond donors (Lipinski definition) is 2. The summed E-state index contributed by atoms with van der Waals surface area (Å²) in [4.78, 5) is 4.57. The van der Waals surface area contributed by atoms with Gasteiger partial charge in [-0.15, -0.1) is 0 Å². The van der Waals surface area contributed by atoms with E-state index < -0.39 is 0 Å². The fourth-order valence-corrected chi connectivity index (χ4v) is 2.05. The lowest BCUT2D eigenvalue weighted by molar-refractivity contribution is 0.815. The minimum atomic E-state index is 0.642. The van der Waals surface area contributed by atoms with Crippen LogP contribution in [0.3, 0.4) is 0 Å². The largest absolute Gasteiger partial charge is 0.357 e. The van der Waals surface area contributed by atoms with Crippen LogP contribution in [0.2, 0.25) is 0 Å². The Morgan fingerprint density at radius 1 is 1.18 bits per heavy atom. The van der Waals surface area contributed by atoms with Crippen molar-refractivity contribution in [1.29, 1.82) is 5.26 Å². The molecule has 2 N–H and O–H groups in total. The highest BCUT2D eigenvalue weighted by atomic mass is 15.2. The zero-order chi connectivity index (χ0) is 15.8. The van der Waals surface area contributed by atoms with Crippen molar-refractivity contribution in [2.24, 2.45) is 12.0 Å². The monoisotopic (exact) mass is 295 g/mol. The Labute approximate surface area is 131 Å². The number of hydrogen-bond acceptors (Lipinski definition) is 2. The number of aryl methyl sites for hydroxylation is 1. The van der Waals surface area contributed by atoms with Gasteiger partial charge in [-0.3, -0.25) is 0 Å². The molecule has 0 unspecified atom stereocenters. The van der Waals surface area contributed by atoms with E-state index in [0.29, 0.717) is 18.7 Å². The van der Waals surface area contributed by atoms with Gasteiger partial charge in [0.05, 0.1) is 18.2 Å². The smallest absolute Gasteiger partial charge is 0.191 e. The summed E-state index contributed by atoms with van der Waals surface area (Å²) >= 11 is 0. The highest BCUT2D eigenvalue weighted by Gasteiger charge is 2.00. The summed E-state index contributed by atoms with van der Waals surface area (Å²) in [5, 5.41) is 15.3. The maximum atomic E-state index is 8.80. The van der Waals surface area contributed by atoms with Gasteiger partial charge in [0.2, 0.25) is 0 Å². The average Bonchev–Trinajstić information content (AvgIpc) is 2.96. The SMILES string of the molecule is CCNC(=NCc1ccn(C)c1)NCc1ccc(C#N)cc1. The first kappa shape index (κ1) is 15.6. The van der Waals surface area contributed by atoms with Crippen molar-refractivity contribution in [3.8, 4) is 6.07 Å². The molecule has 1 aromatic heterocycles. The Morgan fingerprint density at radius 2 is 1.95 bits per heavy atom. The molecule has 0 aliphatic rings. The van der Waals surface area contributed by atoms with Gasteiger partial charge >= 0.3 is 0 Å². The second kappa shape index (κ2) is 7.89. The van der Waals surface area contributed by atoms with Gasteiger partial charge in [0.1, 0.15) is 0 Å². The van der Waals surface area contributed by atoms with Gasteiger partial charge in [0.15, 0.2) is 5.96 Å². The van der Waals surface area contributed by atoms with Crippen molar-refractivity contribution < 1.29 is 0 Å². The molecule has 0 saturated carbocycles. The lowest BCUT2D eigenvalue weighted by Crippen LogP contribution is -2.36. The Kier molecular flexibility index (Phi) is 5.61. The van der Waals surface area contributed by atoms with E-state index in [1.54, 1.807) is 0 Å². The van der Waals surface area contributed by atoms with Crippen LogP contribution in [-0.4, -0.2) is 17.1 Å². The van der Waals surface area contributed by atoms with Crippen LogP contribution < -0.4 is 10.6 Å². The van der Waals surface area contributed by atoms with E-state index in [0.717, 1.165) is 18.1 Å². The summed E-state index contributed by atoms with van der Waals surface area (Å²) < 4.78 is 2.02. The van der Waals surface area contributed by atoms with E-state index in [-0.39, 0.29) is 0 Å². The average molecular weight is 295 g/mol. The Morgan fingerprint density at radius 3 is 2.55 bits per heavy atom. The molecular formula is C17H21N5. The highest BCUT2D eigenvalue weighted by molar-refractivity contribution is 5.79. The van der Waals surface area contributed by atoms with Crippen LogP contribution in [-0.2, 0) is 20.1 Å². The number of benzene rings is 1. The standard InChI is InChI=1S/C17H21N5/c1-3-19-17(21-12-16-8-9-22(2)13-16)20-11-15-6-4-14(10-18)5-7-15/h4-9,13H,3,11-12H2,1-2H3,(H2,19,20,21). The quantitative estimate of drug-likeness (QED) is 0.656. The molecule has 0 radical (unpaired) electrons. The topological polar surface area (TPSA) is 65.1 Å². The van der Waals surface area contributed by atoms with Gasteiger partial charge in [-0.05, 0) is 36.2 Å². The lowest BCUT2D eigenvalue weighted by atomic mass is 10.1. The Hall–Kier alpha value is -2.74. The Balaban J connectivity index is 1.94. The molecule has 5 heteroatoms. The predicted octanol–water partition coefficient (Wildman–Crippen LogP) is 2.15. The summed E-state index contributed by atoms with van der Waals surface area (Å²) in [6.45, 7) is 4.17. The maximum absolute atomic E-state index is 8.80. The van der Waals surface area contributed by atoms with Gasteiger partial charge in [-0.2, -0.15) is 5.26 Å². The van der Waals surface area contributed by atoms with Crippen LogP contribution in [0.25, 0.3) is 0 Å². The first-order valence-corrected chi connectivity index (χ1v) is 7.33. The summed E-state index contributed by atoms with van der Waals surface area (Å²) in [6.07, 6.45) is 4.08. The van der Waals surface area contributed by atoms with Crippen LogP contribution >= 0.6 is 0 Å². The molecule has 1 aromatic carbocycles. The molecule has 0 amide bonds. The van der Waals surface area contributed by atoms with Gasteiger partial charge in [0.25, 0.3) is 0 Å². The van der Waals surface area contributed by atoms with Gasteiger partial charge in [-0.1, -0.05) is 12.1 Å². The number of rotatable bonds is 5. The second-order valence-corrected chi connectivity index (χ2v) is 5.04. The summed E-state index contributed by atoms with van der Waals surface area (Å²) in [7, 11) is 2.00. The molecule has 0 spiro atoms. The molecule has 5 nitrogen and oxygen atoms in total. The Bertz CT molecular complexity index is 661. The molecule has 1 heterocycles. The van der Waals surface area contributed by atoms with E-state index >= 15 is 0 Å². The third-order valence-corrected chi connectivity index (χ3v) is 3.20. The summed E-state index contributed by atoms with van der Waals surface area (Å²) in [5.41, 5.74) is 2.97. The van der Waals surface area contributed by atoms with E-state index in [1.807, 2.05) is 49.0 Å². The zero-order valence-electron chi connectivity index (χ0n) is 13.0. The molecule has 0 atom stereocenters. The zero-order valence-corrected chi connectivity index (χ0v) is 13.0. The number of nitrogens with one attached hydrogen (secondary N) is 2. The molecule has 0 fully saturated rings. The molecule has 2 rings (SSSR count). The minimum absolute atomic E-state index is 0.642. The molecule has 22 heavy (non-hydrogen) atoms. The van der Waals surface area contributed by atoms with Crippen LogP contribution in [0.5, 0.6) is 0 Å². The van der Waals surface area contributed by atoms with Crippen molar-refractivity contribution in [1.82, 2.24) is 15.2 Å². The molecule has 114 valence electrons. The van der Waals surface area contributed by atoms with E-state index in [1.165, 1.54) is 5.56 Å². The first-order chi connectivity index (χ1) is 10.7. The molecule has 0 saturated heterocycles. The summed E-state index contributed by atoms with van der Waals surface area (Å²) in [5.74, 6) is 0.788. The maximum Gasteiger partial charge on any atom is 0.191 e. The molecular weight excluding hydrogens is 274 g/mol. The number of guanidine groups is 1. The van der Waals surface area contributed by atoms with Gasteiger partial charge in [-0.25, -0.2) is 4.99 Å². The first-order valence-electron chi connectivity index (χ1n) is 7.33. The fraction of sp³-hybridized carbons (Fsp3) is 0.294. The van der Waals surface area contributed by atoms with Crippen LogP contribution in [0.4, 0.5) is 0 Å². The summed E-state index contributed by atoms with van der Waals surface area (Å²) in [6, 6.07) is 11.7. The molecule has 0 aliphatic heterocycles. The number of aromatic nitrogens is 1. The van der Waals surface area contributed by atoms with Crippen molar-refractivity contribution in [2.45, 2.75) is 20.0 Å². The van der Waals surface area contributed by atoms with Crippen molar-refractivity contribution >= 4 is 5.96 Å². The molecule has 2 aromatic rings. The third kappa shape index (κ3) is 4.67. The highest BCUT2D eigenvalue weighted by Crippen LogP contribution is 2.03. The van der Waals surface area contributed by atoms with Crippen LogP contribution in [0.1, 0.15) is 23.6 Å². The fourth-order valence-electron chi connectivity index (χ4n) is 2.05. The normalized spacial score (nSPS) is 11.0. The predicted molar refractivity (Wildman–Crippen MR) is 88.2 cm³/mol. The van der Waals surface area contributed by atoms with Crippen molar-refractivity contribution in [3.05, 3.63) is 59.4 Å². The lowest BCUT2D eigenvalue weighted by Gasteiger charge is -2.11. The third-order valence-electron chi connectivity index (χ3n) is 3.20. The van der Waals surface area contributed by atoms with E-state index in [4.69, 9.17) is 5.26 Å². The molecule has 0 aliphatic carbocycles. The van der Waals surface area contributed by atoms with Gasteiger partial charge < -0.3 is 15.2 Å². The second-order valence-electron chi connectivity index (χ2n) is 5.04. The van der Waals surface area contributed by atoms with Crippen LogP contribution in [0.15, 0.2) is 47.7 Å². The van der Waals surface area contributed by atoms with E-state index in [2.05, 4.69) is 34.0 Å². The number of nitrogens with zero attached hydrogens (tertiary/aromatic N) is 3. The van der Waals surface area contributed by atoms with E-state index in [9.17, 15) is 0 Å².